The van der Waals surface area contributed by atoms with Crippen LogP contribution in [0.3, 0.4) is 0 Å². The highest BCUT2D eigenvalue weighted by atomic mass is 32.1. The van der Waals surface area contributed by atoms with E-state index in [2.05, 4.69) is 48.3 Å². The largest absolute Gasteiger partial charge is 0.493 e. The smallest absolute Gasteiger partial charge is 0.290 e. The number of fused-ring (bicyclic) bond motifs is 2. The van der Waals surface area contributed by atoms with E-state index in [1.807, 2.05) is 0 Å². The van der Waals surface area contributed by atoms with Gasteiger partial charge >= 0.3 is 0 Å². The number of hydrogen-bond donors (Lipinski definition) is 1. The first-order valence-corrected chi connectivity index (χ1v) is 7.74. The summed E-state index contributed by atoms with van der Waals surface area (Å²) in [6.45, 7) is 2.61. The Labute approximate surface area is 132 Å². The zero-order chi connectivity index (χ0) is 15.5. The summed E-state index contributed by atoms with van der Waals surface area (Å²) >= 11 is 1.75. The highest BCUT2D eigenvalue weighted by Crippen LogP contribution is 2.32. The third-order valence-corrected chi connectivity index (χ3v) is 4.47. The number of aryl methyl sites for hydroxylation is 1. The van der Waals surface area contributed by atoms with Crippen molar-refractivity contribution in [3.8, 4) is 16.9 Å². The molecule has 2 heterocycles. The quantitative estimate of drug-likeness (QED) is 0.692. The van der Waals surface area contributed by atoms with Gasteiger partial charge in [-0.15, -0.1) is 11.3 Å². The molecule has 1 aliphatic rings. The fourth-order valence-corrected chi connectivity index (χ4v) is 3.40. The summed E-state index contributed by atoms with van der Waals surface area (Å²) in [7, 11) is 0. The molecule has 0 amide bonds. The molecule has 1 aliphatic heterocycles. The van der Waals surface area contributed by atoms with E-state index >= 15 is 0 Å². The molecule has 0 bridgehead atoms. The van der Waals surface area contributed by atoms with Crippen molar-refractivity contribution in [2.75, 3.05) is 6.61 Å². The zero-order valence-electron chi connectivity index (χ0n) is 12.1. The van der Waals surface area contributed by atoms with Crippen LogP contribution in [0, 0.1) is 6.92 Å². The lowest BCUT2D eigenvalue weighted by Gasteiger charge is -2.04. The van der Waals surface area contributed by atoms with Crippen molar-refractivity contribution < 1.29 is 14.6 Å². The summed E-state index contributed by atoms with van der Waals surface area (Å²) in [5.41, 5.74) is 4.88. The van der Waals surface area contributed by atoms with Crippen molar-refractivity contribution >= 4 is 28.0 Å². The Morgan fingerprint density at radius 1 is 1.23 bits per heavy atom. The van der Waals surface area contributed by atoms with Gasteiger partial charge in [0.25, 0.3) is 6.47 Å². The average Bonchev–Trinajstić information content (AvgIpc) is 3.11. The van der Waals surface area contributed by atoms with Gasteiger partial charge in [-0.1, -0.05) is 12.1 Å². The Morgan fingerprint density at radius 2 is 1.95 bits per heavy atom. The van der Waals surface area contributed by atoms with E-state index in [0.717, 1.165) is 29.3 Å². The predicted molar refractivity (Wildman–Crippen MR) is 87.7 cm³/mol. The van der Waals surface area contributed by atoms with Crippen LogP contribution in [-0.2, 0) is 11.2 Å². The van der Waals surface area contributed by atoms with Crippen molar-refractivity contribution in [3.05, 3.63) is 47.0 Å². The lowest BCUT2D eigenvalue weighted by Crippen LogP contribution is -1.85. The molecule has 5 heteroatoms. The highest BCUT2D eigenvalue weighted by Gasteiger charge is 2.13. The molecule has 3 aromatic rings. The molecule has 2 aromatic carbocycles. The Kier molecular flexibility index (Phi) is 4.06. The van der Waals surface area contributed by atoms with E-state index in [1.165, 1.54) is 21.4 Å². The van der Waals surface area contributed by atoms with Crippen LogP contribution in [0.5, 0.6) is 5.75 Å². The van der Waals surface area contributed by atoms with E-state index in [4.69, 9.17) is 14.6 Å². The molecule has 1 aromatic heterocycles. The molecule has 22 heavy (non-hydrogen) atoms. The first-order chi connectivity index (χ1) is 10.7. The molecule has 0 unspecified atom stereocenters. The van der Waals surface area contributed by atoms with Crippen molar-refractivity contribution in [1.29, 1.82) is 0 Å². The predicted octanol–water partition coefficient (Wildman–Crippen LogP) is 3.91. The zero-order valence-corrected chi connectivity index (χ0v) is 12.9. The van der Waals surface area contributed by atoms with Gasteiger partial charge in [0, 0.05) is 6.42 Å². The molecule has 0 radical (unpaired) electrons. The maximum Gasteiger partial charge on any atom is 0.290 e. The fourth-order valence-electron chi connectivity index (χ4n) is 2.59. The summed E-state index contributed by atoms with van der Waals surface area (Å²) in [5, 5.41) is 8.01. The fraction of sp³-hybridized carbons (Fsp3) is 0.176. The number of rotatable bonds is 1. The standard InChI is InChI=1S/C16H13NOS.CH2O2/c1-10-17-14-9-12(3-5-16(14)19-10)11-2-4-15-13(8-11)6-7-18-15;2-1-3/h2-5,8-9H,6-7H2,1H3;1H,(H,2,3). The van der Waals surface area contributed by atoms with Crippen LogP contribution in [0.4, 0.5) is 0 Å². The van der Waals surface area contributed by atoms with E-state index in [0.29, 0.717) is 0 Å². The number of nitrogens with zero attached hydrogens (tertiary/aromatic N) is 1. The molecule has 0 aliphatic carbocycles. The molecule has 4 rings (SSSR count). The summed E-state index contributed by atoms with van der Waals surface area (Å²) in [5.74, 6) is 1.04. The first-order valence-electron chi connectivity index (χ1n) is 6.92. The van der Waals surface area contributed by atoms with Gasteiger partial charge in [-0.3, -0.25) is 4.79 Å². The van der Waals surface area contributed by atoms with Crippen LogP contribution >= 0.6 is 11.3 Å². The molecular formula is C17H15NO3S. The van der Waals surface area contributed by atoms with Crippen molar-refractivity contribution in [2.24, 2.45) is 0 Å². The third-order valence-electron chi connectivity index (χ3n) is 3.52. The molecule has 112 valence electrons. The number of ether oxygens (including phenoxy) is 1. The molecule has 0 atom stereocenters. The Bertz CT molecular complexity index is 826. The van der Waals surface area contributed by atoms with Crippen LogP contribution in [0.25, 0.3) is 21.3 Å². The van der Waals surface area contributed by atoms with E-state index in [9.17, 15) is 0 Å². The van der Waals surface area contributed by atoms with Crippen molar-refractivity contribution in [3.63, 3.8) is 0 Å². The third kappa shape index (κ3) is 2.80. The molecular weight excluding hydrogens is 298 g/mol. The number of benzene rings is 2. The lowest BCUT2D eigenvalue weighted by atomic mass is 10.0. The highest BCUT2D eigenvalue weighted by molar-refractivity contribution is 7.18. The number of hydrogen-bond acceptors (Lipinski definition) is 4. The minimum atomic E-state index is -0.250. The summed E-state index contributed by atoms with van der Waals surface area (Å²) in [6.07, 6.45) is 1.02. The van der Waals surface area contributed by atoms with Crippen molar-refractivity contribution in [2.45, 2.75) is 13.3 Å². The van der Waals surface area contributed by atoms with E-state index in [1.54, 1.807) is 11.3 Å². The normalized spacial score (nSPS) is 12.2. The van der Waals surface area contributed by atoms with Gasteiger partial charge in [-0.25, -0.2) is 4.98 Å². The monoisotopic (exact) mass is 313 g/mol. The van der Waals surface area contributed by atoms with E-state index < -0.39 is 0 Å². The minimum Gasteiger partial charge on any atom is -0.493 e. The van der Waals surface area contributed by atoms with Crippen molar-refractivity contribution in [1.82, 2.24) is 4.98 Å². The van der Waals surface area contributed by atoms with Gasteiger partial charge in [0.05, 0.1) is 21.8 Å². The number of aromatic nitrogens is 1. The lowest BCUT2D eigenvalue weighted by molar-refractivity contribution is -0.122. The molecule has 1 N–H and O–H groups in total. The maximum atomic E-state index is 8.36. The molecule has 0 spiro atoms. The van der Waals surface area contributed by atoms with Crippen LogP contribution in [0.2, 0.25) is 0 Å². The van der Waals surface area contributed by atoms with Gasteiger partial charge < -0.3 is 9.84 Å². The molecule has 0 saturated heterocycles. The van der Waals surface area contributed by atoms with Gasteiger partial charge in [-0.2, -0.15) is 0 Å². The van der Waals surface area contributed by atoms with Crippen LogP contribution in [0.1, 0.15) is 10.6 Å². The van der Waals surface area contributed by atoms with Crippen LogP contribution in [0.15, 0.2) is 36.4 Å². The molecule has 4 nitrogen and oxygen atoms in total. The first kappa shape index (κ1) is 14.5. The van der Waals surface area contributed by atoms with Gasteiger partial charge in [-0.05, 0) is 47.9 Å². The SMILES string of the molecule is Cc1nc2cc(-c3ccc4c(c3)CCO4)ccc2s1.O=CO. The Balaban J connectivity index is 0.000000446. The van der Waals surface area contributed by atoms with Crippen LogP contribution in [-0.4, -0.2) is 23.2 Å². The Morgan fingerprint density at radius 3 is 2.77 bits per heavy atom. The van der Waals surface area contributed by atoms with Gasteiger partial charge in [0.2, 0.25) is 0 Å². The average molecular weight is 313 g/mol. The topological polar surface area (TPSA) is 59.4 Å². The Hall–Kier alpha value is -2.40. The number of carboxylic acid groups (broad SMARTS) is 1. The second-order valence-electron chi connectivity index (χ2n) is 4.94. The van der Waals surface area contributed by atoms with Crippen LogP contribution < -0.4 is 4.74 Å². The van der Waals surface area contributed by atoms with E-state index in [-0.39, 0.29) is 6.47 Å². The number of thiazole rings is 1. The summed E-state index contributed by atoms with van der Waals surface area (Å²) in [6, 6.07) is 13.0. The van der Waals surface area contributed by atoms with Gasteiger partial charge in [0.1, 0.15) is 5.75 Å². The second kappa shape index (κ2) is 6.15. The van der Waals surface area contributed by atoms with Gasteiger partial charge in [0.15, 0.2) is 0 Å². The minimum absolute atomic E-state index is 0.250. The maximum absolute atomic E-state index is 8.36. The molecule has 0 fully saturated rings. The summed E-state index contributed by atoms with van der Waals surface area (Å²) < 4.78 is 6.81. The summed E-state index contributed by atoms with van der Waals surface area (Å²) in [4.78, 5) is 12.9. The number of carbonyl (C=O) groups is 1. The molecule has 0 saturated carbocycles. The second-order valence-corrected chi connectivity index (χ2v) is 6.18.